The number of nitro benzene ring substituents is 1. The summed E-state index contributed by atoms with van der Waals surface area (Å²) < 4.78 is 27.9. The van der Waals surface area contributed by atoms with E-state index in [9.17, 15) is 23.3 Å². The maximum atomic E-state index is 12.9. The summed E-state index contributed by atoms with van der Waals surface area (Å²) in [6.07, 6.45) is 0. The number of halogens is 3. The molecule has 0 bridgehead atoms. The van der Waals surface area contributed by atoms with Crippen LogP contribution in [-0.2, 0) is 10.0 Å². The summed E-state index contributed by atoms with van der Waals surface area (Å²) >= 11 is 17.8. The number of non-ortho nitro benzene ring substituents is 1. The van der Waals surface area contributed by atoms with Gasteiger partial charge in [0.25, 0.3) is 21.6 Å². The number of hydrogen-bond donors (Lipinski definition) is 2. The fourth-order valence-corrected chi connectivity index (χ4v) is 4.43. The van der Waals surface area contributed by atoms with E-state index in [2.05, 4.69) is 10.0 Å². The lowest BCUT2D eigenvalue weighted by molar-refractivity contribution is -0.385. The van der Waals surface area contributed by atoms with Gasteiger partial charge in [-0.3, -0.25) is 19.6 Å². The van der Waals surface area contributed by atoms with Crippen LogP contribution in [0.2, 0.25) is 15.1 Å². The van der Waals surface area contributed by atoms with E-state index in [1.807, 2.05) is 0 Å². The lowest BCUT2D eigenvalue weighted by atomic mass is 10.1. The molecule has 12 heteroatoms. The maximum absolute atomic E-state index is 12.9. The van der Waals surface area contributed by atoms with Crippen LogP contribution < -0.4 is 10.0 Å². The van der Waals surface area contributed by atoms with Gasteiger partial charge in [-0.05, 0) is 48.5 Å². The average Bonchev–Trinajstić information content (AvgIpc) is 2.70. The molecule has 0 saturated carbocycles. The van der Waals surface area contributed by atoms with Crippen molar-refractivity contribution >= 4 is 67.8 Å². The average molecular weight is 501 g/mol. The summed E-state index contributed by atoms with van der Waals surface area (Å²) in [5, 5.41) is 14.0. The van der Waals surface area contributed by atoms with E-state index in [4.69, 9.17) is 34.8 Å². The molecule has 0 unspecified atom stereocenters. The molecule has 31 heavy (non-hydrogen) atoms. The Morgan fingerprint density at radius 1 is 0.903 bits per heavy atom. The third-order valence-corrected chi connectivity index (χ3v) is 6.32. The summed E-state index contributed by atoms with van der Waals surface area (Å²) in [7, 11) is -4.37. The predicted octanol–water partition coefficient (Wildman–Crippen LogP) is 5.61. The minimum atomic E-state index is -4.37. The number of anilines is 2. The van der Waals surface area contributed by atoms with Crippen LogP contribution in [0, 0.1) is 10.1 Å². The number of benzene rings is 3. The number of hydrogen-bond acceptors (Lipinski definition) is 5. The maximum Gasteiger partial charge on any atom is 0.270 e. The van der Waals surface area contributed by atoms with Crippen molar-refractivity contribution < 1.29 is 18.1 Å². The second-order valence-electron chi connectivity index (χ2n) is 6.13. The fourth-order valence-electron chi connectivity index (χ4n) is 2.54. The smallest absolute Gasteiger partial charge is 0.270 e. The first-order valence-corrected chi connectivity index (χ1v) is 11.0. The van der Waals surface area contributed by atoms with E-state index >= 15 is 0 Å². The van der Waals surface area contributed by atoms with Gasteiger partial charge in [0.15, 0.2) is 0 Å². The molecule has 0 radical (unpaired) electrons. The van der Waals surface area contributed by atoms with E-state index in [0.717, 1.165) is 18.2 Å². The van der Waals surface area contributed by atoms with Gasteiger partial charge in [-0.1, -0.05) is 34.8 Å². The highest BCUT2D eigenvalue weighted by Gasteiger charge is 2.24. The van der Waals surface area contributed by atoms with Crippen LogP contribution >= 0.6 is 34.8 Å². The van der Waals surface area contributed by atoms with Gasteiger partial charge < -0.3 is 5.32 Å². The second kappa shape index (κ2) is 9.11. The molecule has 8 nitrogen and oxygen atoms in total. The van der Waals surface area contributed by atoms with Crippen molar-refractivity contribution in [3.63, 3.8) is 0 Å². The summed E-state index contributed by atoms with van der Waals surface area (Å²) in [5.41, 5.74) is -0.211. The fraction of sp³-hybridized carbons (Fsp3) is 0. The van der Waals surface area contributed by atoms with Gasteiger partial charge in [0, 0.05) is 27.9 Å². The Hall–Kier alpha value is -2.85. The Morgan fingerprint density at radius 2 is 1.55 bits per heavy atom. The van der Waals surface area contributed by atoms with E-state index < -0.39 is 31.4 Å². The van der Waals surface area contributed by atoms with Crippen LogP contribution in [0.4, 0.5) is 17.1 Å². The molecule has 0 aromatic heterocycles. The highest BCUT2D eigenvalue weighted by atomic mass is 35.5. The number of sulfonamides is 1. The van der Waals surface area contributed by atoms with Crippen LogP contribution in [-0.4, -0.2) is 19.2 Å². The Kier molecular flexibility index (Phi) is 6.71. The molecular weight excluding hydrogens is 489 g/mol. The number of carbonyl (C=O) groups excluding carboxylic acids is 1. The Bertz CT molecular complexity index is 1280. The van der Waals surface area contributed by atoms with Crippen molar-refractivity contribution in [2.24, 2.45) is 0 Å². The molecule has 0 saturated heterocycles. The van der Waals surface area contributed by atoms with Gasteiger partial charge in [-0.15, -0.1) is 0 Å². The van der Waals surface area contributed by atoms with Gasteiger partial charge in [0.05, 0.1) is 21.2 Å². The summed E-state index contributed by atoms with van der Waals surface area (Å²) in [6.45, 7) is 0. The third kappa shape index (κ3) is 5.45. The molecule has 0 heterocycles. The van der Waals surface area contributed by atoms with Crippen LogP contribution in [0.25, 0.3) is 0 Å². The van der Waals surface area contributed by atoms with Crippen molar-refractivity contribution in [1.29, 1.82) is 0 Å². The zero-order valence-electron chi connectivity index (χ0n) is 15.3. The van der Waals surface area contributed by atoms with E-state index in [1.54, 1.807) is 24.3 Å². The van der Waals surface area contributed by atoms with Gasteiger partial charge in [0.1, 0.15) is 4.90 Å². The van der Waals surface area contributed by atoms with E-state index in [1.165, 1.54) is 18.2 Å². The first-order chi connectivity index (χ1) is 14.6. The molecule has 0 aliphatic rings. The molecule has 0 spiro atoms. The number of rotatable bonds is 6. The molecule has 0 fully saturated rings. The summed E-state index contributed by atoms with van der Waals surface area (Å²) in [6, 6.07) is 13.2. The molecule has 3 aromatic carbocycles. The molecular formula is C19H12Cl3N3O5S. The Balaban J connectivity index is 1.97. The number of carbonyl (C=O) groups is 1. The van der Waals surface area contributed by atoms with Gasteiger partial charge >= 0.3 is 0 Å². The van der Waals surface area contributed by atoms with Gasteiger partial charge in [-0.2, -0.15) is 0 Å². The Labute approximate surface area is 191 Å². The third-order valence-electron chi connectivity index (χ3n) is 3.99. The highest BCUT2D eigenvalue weighted by molar-refractivity contribution is 7.92. The van der Waals surface area contributed by atoms with Gasteiger partial charge in [0.2, 0.25) is 0 Å². The summed E-state index contributed by atoms with van der Waals surface area (Å²) in [5.74, 6) is -0.646. The zero-order valence-corrected chi connectivity index (χ0v) is 18.4. The molecule has 1 amide bonds. The molecule has 3 aromatic rings. The van der Waals surface area contributed by atoms with Crippen molar-refractivity contribution in [3.05, 3.63) is 91.4 Å². The lowest BCUT2D eigenvalue weighted by Crippen LogP contribution is -2.19. The van der Waals surface area contributed by atoms with Gasteiger partial charge in [-0.25, -0.2) is 8.42 Å². The molecule has 2 N–H and O–H groups in total. The minimum Gasteiger partial charge on any atom is -0.322 e. The van der Waals surface area contributed by atoms with E-state index in [0.29, 0.717) is 10.7 Å². The van der Waals surface area contributed by atoms with Crippen LogP contribution in [0.1, 0.15) is 10.4 Å². The van der Waals surface area contributed by atoms with E-state index in [-0.39, 0.29) is 21.3 Å². The summed E-state index contributed by atoms with van der Waals surface area (Å²) in [4.78, 5) is 22.5. The second-order valence-corrected chi connectivity index (χ2v) is 9.06. The lowest BCUT2D eigenvalue weighted by Gasteiger charge is -2.14. The van der Waals surface area contributed by atoms with Crippen molar-refractivity contribution in [2.45, 2.75) is 4.90 Å². The topological polar surface area (TPSA) is 118 Å². The van der Waals surface area contributed by atoms with Crippen LogP contribution in [0.5, 0.6) is 0 Å². The zero-order chi connectivity index (χ0) is 22.8. The first-order valence-electron chi connectivity index (χ1n) is 8.40. The monoisotopic (exact) mass is 499 g/mol. The van der Waals surface area contributed by atoms with Crippen molar-refractivity contribution in [3.8, 4) is 0 Å². The number of nitro groups is 1. The largest absolute Gasteiger partial charge is 0.322 e. The molecule has 0 aliphatic heterocycles. The highest BCUT2D eigenvalue weighted by Crippen LogP contribution is 2.30. The van der Waals surface area contributed by atoms with Crippen molar-refractivity contribution in [2.75, 3.05) is 10.0 Å². The number of amides is 1. The van der Waals surface area contributed by atoms with Crippen molar-refractivity contribution in [1.82, 2.24) is 0 Å². The molecule has 0 atom stereocenters. The quantitative estimate of drug-likeness (QED) is 0.337. The molecule has 0 aliphatic carbocycles. The Morgan fingerprint density at radius 3 is 2.19 bits per heavy atom. The number of nitrogens with zero attached hydrogens (tertiary/aromatic N) is 1. The predicted molar refractivity (Wildman–Crippen MR) is 120 cm³/mol. The standard InChI is InChI=1S/C19H12Cl3N3O5S/c20-11-1-4-13(5-2-11)23-19(26)15-9-12(21)3-8-17(15)24-31(29,30)18-10-14(25(27)28)6-7-16(18)22/h1-10,24H,(H,23,26). The molecule has 160 valence electrons. The normalized spacial score (nSPS) is 11.1. The van der Waals surface area contributed by atoms with Crippen LogP contribution in [0.3, 0.4) is 0 Å². The first kappa shape index (κ1) is 22.8. The van der Waals surface area contributed by atoms with Crippen LogP contribution in [0.15, 0.2) is 65.6 Å². The minimum absolute atomic E-state index is 0.0763. The molecule has 3 rings (SSSR count). The SMILES string of the molecule is O=C(Nc1ccc(Cl)cc1)c1cc(Cl)ccc1NS(=O)(=O)c1cc([N+](=O)[O-])ccc1Cl. The number of nitrogens with one attached hydrogen (secondary N) is 2.